The number of rotatable bonds is 0. The predicted octanol–water partition coefficient (Wildman–Crippen LogP) is 3.48. The highest BCUT2D eigenvalue weighted by Gasteiger charge is 2.46. The van der Waals surface area contributed by atoms with Gasteiger partial charge in [-0.05, 0) is 27.7 Å². The Morgan fingerprint density at radius 3 is 2.29 bits per heavy atom. The van der Waals surface area contributed by atoms with E-state index < -0.39 is 0 Å². The molecule has 1 aromatic heterocycles. The van der Waals surface area contributed by atoms with Crippen LogP contribution in [0.25, 0.3) is 0 Å². The lowest BCUT2D eigenvalue weighted by molar-refractivity contribution is -0.104. The Bertz CT molecular complexity index is 395. The molecule has 1 aromatic rings. The van der Waals surface area contributed by atoms with E-state index in [-0.39, 0.29) is 11.2 Å². The summed E-state index contributed by atoms with van der Waals surface area (Å²) in [6, 6.07) is 0. The molecular weight excluding hydrogens is 218 g/mol. The lowest BCUT2D eigenvalue weighted by Gasteiger charge is -2.25. The van der Waals surface area contributed by atoms with E-state index >= 15 is 0 Å². The van der Waals surface area contributed by atoms with Crippen LogP contribution < -0.4 is 5.73 Å². The number of nitrogens with two attached hydrogens (primary N) is 1. The summed E-state index contributed by atoms with van der Waals surface area (Å²) in [7, 11) is 0. The monoisotopic (exact) mass is 231 g/mol. The minimum Gasteiger partial charge on any atom is -0.397 e. The number of hydrogen-bond donors (Lipinski definition) is 1. The van der Waals surface area contributed by atoms with Crippen LogP contribution in [0, 0.1) is 0 Å². The summed E-state index contributed by atoms with van der Waals surface area (Å²) in [6.45, 7) is 8.15. The average Bonchev–Trinajstić information content (AvgIpc) is 2.34. The Morgan fingerprint density at radius 2 is 1.79 bits per heavy atom. The number of ether oxygens (including phenoxy) is 1. The zero-order valence-electron chi connectivity index (χ0n) is 8.77. The van der Waals surface area contributed by atoms with Crippen LogP contribution in [0.1, 0.15) is 38.1 Å². The Hall–Kier alpha value is -0.250. The maximum atomic E-state index is 6.04. The number of thiophene rings is 1. The van der Waals surface area contributed by atoms with Gasteiger partial charge in [0.15, 0.2) is 0 Å². The maximum Gasteiger partial charge on any atom is 0.117 e. The van der Waals surface area contributed by atoms with Crippen molar-refractivity contribution in [2.45, 2.75) is 38.9 Å². The Labute approximate surface area is 93.0 Å². The molecule has 0 saturated heterocycles. The van der Waals surface area contributed by atoms with Crippen molar-refractivity contribution in [3.8, 4) is 0 Å². The van der Waals surface area contributed by atoms with E-state index in [1.807, 2.05) is 27.7 Å². The molecule has 2 heterocycles. The molecule has 0 bridgehead atoms. The molecule has 4 heteroatoms. The first-order chi connectivity index (χ1) is 6.26. The smallest absolute Gasteiger partial charge is 0.117 e. The van der Waals surface area contributed by atoms with Crippen LogP contribution in [0.4, 0.5) is 5.69 Å². The van der Waals surface area contributed by atoms with E-state index in [0.29, 0.717) is 10.0 Å². The summed E-state index contributed by atoms with van der Waals surface area (Å²) in [4.78, 5) is 1.16. The molecule has 78 valence electrons. The van der Waals surface area contributed by atoms with Crippen molar-refractivity contribution < 1.29 is 4.74 Å². The maximum absolute atomic E-state index is 6.04. The third-order valence-electron chi connectivity index (χ3n) is 2.56. The zero-order chi connectivity index (χ0) is 10.7. The molecule has 1 aliphatic heterocycles. The molecule has 2 rings (SSSR count). The van der Waals surface area contributed by atoms with Gasteiger partial charge in [0.05, 0.1) is 16.9 Å². The lowest BCUT2D eigenvalue weighted by atomic mass is 9.97. The van der Waals surface area contributed by atoms with Gasteiger partial charge in [0.2, 0.25) is 0 Å². The van der Waals surface area contributed by atoms with Gasteiger partial charge in [-0.15, -0.1) is 11.3 Å². The zero-order valence-corrected chi connectivity index (χ0v) is 10.3. The van der Waals surface area contributed by atoms with Crippen molar-refractivity contribution in [3.05, 3.63) is 14.8 Å². The fourth-order valence-corrected chi connectivity index (χ4v) is 3.64. The first kappa shape index (κ1) is 10.3. The Balaban J connectivity index is 2.72. The highest BCUT2D eigenvalue weighted by atomic mass is 35.5. The van der Waals surface area contributed by atoms with E-state index in [1.165, 1.54) is 11.3 Å². The first-order valence-corrected chi connectivity index (χ1v) is 5.74. The van der Waals surface area contributed by atoms with Crippen LogP contribution >= 0.6 is 22.9 Å². The number of halogens is 1. The van der Waals surface area contributed by atoms with E-state index in [4.69, 9.17) is 22.1 Å². The minimum absolute atomic E-state index is 0.273. The third-order valence-corrected chi connectivity index (χ3v) is 4.29. The molecule has 0 fully saturated rings. The van der Waals surface area contributed by atoms with Crippen molar-refractivity contribution in [1.29, 1.82) is 0 Å². The van der Waals surface area contributed by atoms with Crippen LogP contribution in [0.5, 0.6) is 0 Å². The van der Waals surface area contributed by atoms with Gasteiger partial charge in [-0.3, -0.25) is 0 Å². The number of nitrogen functional groups attached to an aromatic ring is 1. The number of hydrogen-bond acceptors (Lipinski definition) is 3. The first-order valence-electron chi connectivity index (χ1n) is 4.54. The molecule has 0 aliphatic carbocycles. The van der Waals surface area contributed by atoms with Gasteiger partial charge in [-0.2, -0.15) is 0 Å². The van der Waals surface area contributed by atoms with Gasteiger partial charge in [-0.1, -0.05) is 11.6 Å². The topological polar surface area (TPSA) is 35.2 Å². The van der Waals surface area contributed by atoms with Crippen molar-refractivity contribution >= 4 is 28.6 Å². The molecule has 0 spiro atoms. The third kappa shape index (κ3) is 1.19. The van der Waals surface area contributed by atoms with E-state index in [2.05, 4.69) is 0 Å². The van der Waals surface area contributed by atoms with Crippen molar-refractivity contribution in [3.63, 3.8) is 0 Å². The summed E-state index contributed by atoms with van der Waals surface area (Å²) in [5, 5.41) is 0. The molecule has 0 saturated carbocycles. The molecule has 0 aromatic carbocycles. The summed E-state index contributed by atoms with van der Waals surface area (Å²) < 4.78 is 6.63. The van der Waals surface area contributed by atoms with E-state index in [0.717, 1.165) is 10.4 Å². The number of anilines is 1. The second-order valence-electron chi connectivity index (χ2n) is 4.62. The van der Waals surface area contributed by atoms with Crippen LogP contribution in [0.3, 0.4) is 0 Å². The fourth-order valence-electron chi connectivity index (χ4n) is 2.17. The normalized spacial score (nSPS) is 22.4. The second-order valence-corrected chi connectivity index (χ2v) is 6.24. The molecule has 14 heavy (non-hydrogen) atoms. The summed E-state index contributed by atoms with van der Waals surface area (Å²) in [5.41, 5.74) is 7.10. The number of fused-ring (bicyclic) bond motifs is 1. The van der Waals surface area contributed by atoms with Crippen molar-refractivity contribution in [2.24, 2.45) is 0 Å². The summed E-state index contributed by atoms with van der Waals surface area (Å²) in [5.74, 6) is 0. The summed E-state index contributed by atoms with van der Waals surface area (Å²) in [6.07, 6.45) is 0. The molecule has 2 N–H and O–H groups in total. The van der Waals surface area contributed by atoms with Crippen LogP contribution in [0.2, 0.25) is 4.34 Å². The van der Waals surface area contributed by atoms with E-state index in [9.17, 15) is 0 Å². The highest BCUT2D eigenvalue weighted by molar-refractivity contribution is 7.17. The van der Waals surface area contributed by atoms with Gasteiger partial charge < -0.3 is 10.5 Å². The Kier molecular flexibility index (Phi) is 1.95. The van der Waals surface area contributed by atoms with Gasteiger partial charge in [0.25, 0.3) is 0 Å². The second kappa shape index (κ2) is 2.65. The molecule has 2 nitrogen and oxygen atoms in total. The molecule has 0 amide bonds. The van der Waals surface area contributed by atoms with Crippen LogP contribution in [0.15, 0.2) is 0 Å². The molecule has 0 radical (unpaired) electrons. The van der Waals surface area contributed by atoms with Crippen molar-refractivity contribution in [2.75, 3.05) is 5.73 Å². The highest BCUT2D eigenvalue weighted by Crippen LogP contribution is 2.54. The van der Waals surface area contributed by atoms with E-state index in [1.54, 1.807) is 0 Å². The molecular formula is C10H14ClNOS. The standard InChI is InChI=1S/C10H14ClNOS/c1-9(2)5-6(12)8(11)14-7(5)10(3,4)13-9/h12H2,1-4H3. The minimum atomic E-state index is -0.327. The van der Waals surface area contributed by atoms with Gasteiger partial charge >= 0.3 is 0 Å². The van der Waals surface area contributed by atoms with Crippen molar-refractivity contribution in [1.82, 2.24) is 0 Å². The fraction of sp³-hybridized carbons (Fsp3) is 0.600. The SMILES string of the molecule is CC1(C)OC(C)(C)c2c1sc(Cl)c2N. The van der Waals surface area contributed by atoms with Gasteiger partial charge in [0, 0.05) is 10.4 Å². The molecule has 0 unspecified atom stereocenters. The average molecular weight is 232 g/mol. The van der Waals surface area contributed by atoms with Crippen LogP contribution in [-0.2, 0) is 15.9 Å². The predicted molar refractivity (Wildman–Crippen MR) is 60.9 cm³/mol. The quantitative estimate of drug-likeness (QED) is 0.742. The summed E-state index contributed by atoms with van der Waals surface area (Å²) >= 11 is 7.57. The lowest BCUT2D eigenvalue weighted by Crippen LogP contribution is -2.23. The molecule has 1 aliphatic rings. The largest absolute Gasteiger partial charge is 0.397 e. The van der Waals surface area contributed by atoms with Gasteiger partial charge in [0.1, 0.15) is 4.34 Å². The molecule has 0 atom stereocenters. The van der Waals surface area contributed by atoms with Gasteiger partial charge in [-0.25, -0.2) is 0 Å². The van der Waals surface area contributed by atoms with Crippen LogP contribution in [-0.4, -0.2) is 0 Å². The Morgan fingerprint density at radius 1 is 1.21 bits per heavy atom.